The van der Waals surface area contributed by atoms with E-state index in [4.69, 9.17) is 4.98 Å². The van der Waals surface area contributed by atoms with Crippen molar-refractivity contribution >= 4 is 17.1 Å². The Morgan fingerprint density at radius 1 is 1.37 bits per heavy atom. The van der Waals surface area contributed by atoms with Gasteiger partial charge in [0, 0.05) is 28.2 Å². The molecule has 4 heteroatoms. The zero-order valence-corrected chi connectivity index (χ0v) is 12.4. The third-order valence-electron chi connectivity index (χ3n) is 3.81. The fourth-order valence-corrected chi connectivity index (χ4v) is 3.91. The van der Waals surface area contributed by atoms with E-state index in [1.165, 1.54) is 10.6 Å². The average Bonchev–Trinajstić information content (AvgIpc) is 2.90. The van der Waals surface area contributed by atoms with E-state index in [0.29, 0.717) is 6.42 Å². The van der Waals surface area contributed by atoms with Crippen molar-refractivity contribution < 1.29 is 4.79 Å². The van der Waals surface area contributed by atoms with Gasteiger partial charge in [0.05, 0.1) is 5.69 Å². The molecule has 0 aromatic carbocycles. The first kappa shape index (κ1) is 12.6. The molecule has 1 aliphatic rings. The van der Waals surface area contributed by atoms with E-state index in [9.17, 15) is 4.79 Å². The highest BCUT2D eigenvalue weighted by molar-refractivity contribution is 7.14. The number of aryl methyl sites for hydroxylation is 3. The third kappa shape index (κ3) is 1.94. The molecule has 3 nitrogen and oxygen atoms in total. The second-order valence-electron chi connectivity index (χ2n) is 5.11. The molecule has 1 aliphatic carbocycles. The van der Waals surface area contributed by atoms with Gasteiger partial charge in [0.15, 0.2) is 10.9 Å². The molecule has 3 rings (SSSR count). The van der Waals surface area contributed by atoms with Crippen LogP contribution in [0, 0.1) is 13.8 Å². The Morgan fingerprint density at radius 2 is 2.16 bits per heavy atom. The third-order valence-corrected chi connectivity index (χ3v) is 4.81. The molecule has 0 fully saturated rings. The summed E-state index contributed by atoms with van der Waals surface area (Å²) < 4.78 is 2.18. The van der Waals surface area contributed by atoms with Crippen molar-refractivity contribution in [2.45, 2.75) is 46.5 Å². The van der Waals surface area contributed by atoms with E-state index >= 15 is 0 Å². The topological polar surface area (TPSA) is 34.9 Å². The average molecular weight is 274 g/mol. The van der Waals surface area contributed by atoms with Gasteiger partial charge >= 0.3 is 0 Å². The Kier molecular flexibility index (Phi) is 3.05. The first-order valence-electron chi connectivity index (χ1n) is 6.83. The van der Waals surface area contributed by atoms with Gasteiger partial charge in [-0.1, -0.05) is 6.92 Å². The van der Waals surface area contributed by atoms with Gasteiger partial charge in [0.25, 0.3) is 0 Å². The minimum absolute atomic E-state index is 0.284. The van der Waals surface area contributed by atoms with Crippen LogP contribution in [-0.2, 0) is 12.8 Å². The highest BCUT2D eigenvalue weighted by Gasteiger charge is 2.24. The van der Waals surface area contributed by atoms with Crippen molar-refractivity contribution in [3.63, 3.8) is 0 Å². The molecule has 0 spiro atoms. The molecule has 0 atom stereocenters. The van der Waals surface area contributed by atoms with Gasteiger partial charge in [-0.3, -0.25) is 9.36 Å². The molecular weight excluding hydrogens is 256 g/mol. The Hall–Kier alpha value is -1.42. The van der Waals surface area contributed by atoms with Crippen LogP contribution in [0.1, 0.15) is 52.1 Å². The van der Waals surface area contributed by atoms with Crippen molar-refractivity contribution in [3.8, 4) is 5.13 Å². The minimum atomic E-state index is 0.284. The molecule has 0 N–H and O–H groups in total. The predicted molar refractivity (Wildman–Crippen MR) is 77.6 cm³/mol. The number of carbonyl (C=O) groups is 1. The van der Waals surface area contributed by atoms with E-state index in [1.807, 2.05) is 6.07 Å². The minimum Gasteiger partial charge on any atom is -0.294 e. The maximum Gasteiger partial charge on any atom is 0.194 e. The van der Waals surface area contributed by atoms with E-state index in [1.54, 1.807) is 11.3 Å². The summed E-state index contributed by atoms with van der Waals surface area (Å²) in [4.78, 5) is 18.0. The molecule has 0 radical (unpaired) electrons. The Balaban J connectivity index is 2.17. The summed E-state index contributed by atoms with van der Waals surface area (Å²) in [6, 6.07) is 2.03. The maximum atomic E-state index is 12.0. The number of thiazole rings is 1. The van der Waals surface area contributed by atoms with Gasteiger partial charge in [-0.25, -0.2) is 4.98 Å². The van der Waals surface area contributed by atoms with Crippen LogP contribution < -0.4 is 0 Å². The number of ketones is 1. The number of rotatable bonds is 2. The van der Waals surface area contributed by atoms with Crippen LogP contribution in [-0.4, -0.2) is 15.3 Å². The van der Waals surface area contributed by atoms with Crippen LogP contribution in [0.15, 0.2) is 6.07 Å². The summed E-state index contributed by atoms with van der Waals surface area (Å²) in [6.45, 7) is 6.32. The van der Waals surface area contributed by atoms with Gasteiger partial charge in [-0.2, -0.15) is 0 Å². The zero-order chi connectivity index (χ0) is 13.6. The zero-order valence-electron chi connectivity index (χ0n) is 11.6. The molecule has 100 valence electrons. The molecule has 0 amide bonds. The molecule has 0 unspecified atom stereocenters. The highest BCUT2D eigenvalue weighted by Crippen LogP contribution is 2.30. The predicted octanol–water partition coefficient (Wildman–Crippen LogP) is 3.63. The fourth-order valence-electron chi connectivity index (χ4n) is 2.83. The smallest absolute Gasteiger partial charge is 0.194 e. The maximum absolute atomic E-state index is 12.0. The quantitative estimate of drug-likeness (QED) is 0.838. The Bertz CT molecular complexity index is 651. The monoisotopic (exact) mass is 274 g/mol. The van der Waals surface area contributed by atoms with Crippen molar-refractivity contribution in [2.75, 3.05) is 0 Å². The lowest BCUT2D eigenvalue weighted by molar-refractivity contribution is 0.0972. The number of hydrogen-bond donors (Lipinski definition) is 0. The molecular formula is C15H18N2OS. The van der Waals surface area contributed by atoms with Gasteiger partial charge in [0.1, 0.15) is 0 Å². The van der Waals surface area contributed by atoms with E-state index in [2.05, 4.69) is 25.3 Å². The number of nitrogens with zero attached hydrogens (tertiary/aromatic N) is 2. The molecule has 2 aromatic heterocycles. The van der Waals surface area contributed by atoms with E-state index < -0.39 is 0 Å². The van der Waals surface area contributed by atoms with Crippen LogP contribution >= 0.6 is 11.3 Å². The van der Waals surface area contributed by atoms with Gasteiger partial charge < -0.3 is 0 Å². The Morgan fingerprint density at radius 3 is 2.84 bits per heavy atom. The van der Waals surface area contributed by atoms with Crippen LogP contribution in [0.2, 0.25) is 0 Å². The normalized spacial score (nSPS) is 14.8. The number of carbonyl (C=O) groups excluding carboxylic acids is 1. The summed E-state index contributed by atoms with van der Waals surface area (Å²) >= 11 is 1.73. The lowest BCUT2D eigenvalue weighted by Crippen LogP contribution is -2.12. The Labute approximate surface area is 117 Å². The van der Waals surface area contributed by atoms with Gasteiger partial charge in [0.2, 0.25) is 0 Å². The molecule has 0 aliphatic heterocycles. The first-order valence-corrected chi connectivity index (χ1v) is 7.64. The van der Waals surface area contributed by atoms with E-state index in [0.717, 1.165) is 41.3 Å². The van der Waals surface area contributed by atoms with Crippen LogP contribution in [0.5, 0.6) is 0 Å². The van der Waals surface area contributed by atoms with Crippen molar-refractivity contribution in [1.29, 1.82) is 0 Å². The second-order valence-corrected chi connectivity index (χ2v) is 6.29. The van der Waals surface area contributed by atoms with E-state index in [-0.39, 0.29) is 5.78 Å². The number of fused-ring (bicyclic) bond motifs is 1. The summed E-state index contributed by atoms with van der Waals surface area (Å²) in [5.41, 5.74) is 4.36. The molecule has 0 saturated heterocycles. The molecule has 0 saturated carbocycles. The second kappa shape index (κ2) is 4.60. The van der Waals surface area contributed by atoms with Gasteiger partial charge in [-0.15, -0.1) is 11.3 Å². The van der Waals surface area contributed by atoms with Gasteiger partial charge in [-0.05, 0) is 39.2 Å². The highest BCUT2D eigenvalue weighted by atomic mass is 32.1. The summed E-state index contributed by atoms with van der Waals surface area (Å²) in [6.07, 6.45) is 3.59. The summed E-state index contributed by atoms with van der Waals surface area (Å²) in [5, 5.41) is 1.02. The molecule has 2 aromatic rings. The first-order chi connectivity index (χ1) is 9.11. The van der Waals surface area contributed by atoms with Crippen molar-refractivity contribution in [2.24, 2.45) is 0 Å². The number of aromatic nitrogens is 2. The molecule has 19 heavy (non-hydrogen) atoms. The summed E-state index contributed by atoms with van der Waals surface area (Å²) in [5.74, 6) is 0.284. The molecule has 0 bridgehead atoms. The SMILES string of the molecule is CCc1nc(-n2c(C)cc3c2CCCC3=O)sc1C. The van der Waals surface area contributed by atoms with Crippen LogP contribution in [0.4, 0.5) is 0 Å². The largest absolute Gasteiger partial charge is 0.294 e. The lowest BCUT2D eigenvalue weighted by atomic mass is 9.97. The fraction of sp³-hybridized carbons (Fsp3) is 0.467. The van der Waals surface area contributed by atoms with Crippen molar-refractivity contribution in [3.05, 3.63) is 33.6 Å². The van der Waals surface area contributed by atoms with Crippen LogP contribution in [0.25, 0.3) is 5.13 Å². The number of Topliss-reactive ketones (excluding diaryl/α,β-unsaturated/α-hetero) is 1. The molecule has 2 heterocycles. The number of hydrogen-bond acceptors (Lipinski definition) is 3. The van der Waals surface area contributed by atoms with Crippen LogP contribution in [0.3, 0.4) is 0 Å². The van der Waals surface area contributed by atoms with Crippen molar-refractivity contribution in [1.82, 2.24) is 9.55 Å². The summed E-state index contributed by atoms with van der Waals surface area (Å²) in [7, 11) is 0. The lowest BCUT2D eigenvalue weighted by Gasteiger charge is -2.13. The standard InChI is InChI=1S/C15H18N2OS/c1-4-12-10(3)19-15(16-12)17-9(2)8-11-13(17)6-5-7-14(11)18/h8H,4-7H2,1-3H3.